The molecule has 3 N–H and O–H groups in total. The van der Waals surface area contributed by atoms with Crippen LogP contribution in [0, 0.1) is 0 Å². The van der Waals surface area contributed by atoms with E-state index in [1.807, 2.05) is 30.5 Å². The number of fused-ring (bicyclic) bond motifs is 1. The Labute approximate surface area is 114 Å². The van der Waals surface area contributed by atoms with Gasteiger partial charge in [0.25, 0.3) is 0 Å². The molecule has 1 atom stereocenters. The summed E-state index contributed by atoms with van der Waals surface area (Å²) < 4.78 is 8.25. The molecule has 1 aromatic carbocycles. The minimum absolute atomic E-state index is 0.0374. The Morgan fingerprint density at radius 1 is 1.26 bits per heavy atom. The lowest BCUT2D eigenvalue weighted by atomic mass is 10.0. The molecule has 19 heavy (non-hydrogen) atoms. The molecule has 2 heterocycles. The van der Waals surface area contributed by atoms with Crippen molar-refractivity contribution in [1.29, 1.82) is 0 Å². The van der Waals surface area contributed by atoms with Crippen LogP contribution in [0.15, 0.2) is 42.7 Å². The van der Waals surface area contributed by atoms with Crippen molar-refractivity contribution in [1.82, 2.24) is 19.2 Å². The number of aromatic nitrogens is 3. The average molecular weight is 271 g/mol. The van der Waals surface area contributed by atoms with Crippen molar-refractivity contribution in [2.24, 2.45) is 5.84 Å². The molecule has 0 aliphatic heterocycles. The maximum Gasteiger partial charge on any atom is 0.0929 e. The number of hydrogen-bond acceptors (Lipinski definition) is 6. The fourth-order valence-electron chi connectivity index (χ4n) is 2.13. The standard InChI is InChI=1S/C13H13N5S/c14-17-12(13-8-16-19-18-13)7-9-5-6-15-11-4-2-1-3-10(9)11/h1-6,8,12,17H,7,14H2. The maximum atomic E-state index is 5.63. The highest BCUT2D eigenvalue weighted by Gasteiger charge is 2.14. The van der Waals surface area contributed by atoms with Crippen LogP contribution in [0.4, 0.5) is 0 Å². The van der Waals surface area contributed by atoms with Crippen molar-refractivity contribution in [3.05, 3.63) is 54.0 Å². The summed E-state index contributed by atoms with van der Waals surface area (Å²) in [4.78, 5) is 4.36. The fraction of sp³-hybridized carbons (Fsp3) is 0.154. The monoisotopic (exact) mass is 271 g/mol. The van der Waals surface area contributed by atoms with Gasteiger partial charge in [0.1, 0.15) is 0 Å². The van der Waals surface area contributed by atoms with E-state index in [-0.39, 0.29) is 6.04 Å². The third kappa shape index (κ3) is 2.46. The van der Waals surface area contributed by atoms with Crippen LogP contribution in [0.25, 0.3) is 10.9 Å². The van der Waals surface area contributed by atoms with Gasteiger partial charge in [-0.1, -0.05) is 18.2 Å². The van der Waals surface area contributed by atoms with E-state index in [2.05, 4.69) is 25.2 Å². The van der Waals surface area contributed by atoms with E-state index in [0.29, 0.717) is 0 Å². The number of nitrogens with two attached hydrogens (primary N) is 1. The van der Waals surface area contributed by atoms with Crippen LogP contribution in [-0.2, 0) is 6.42 Å². The Morgan fingerprint density at radius 2 is 2.16 bits per heavy atom. The summed E-state index contributed by atoms with van der Waals surface area (Å²) in [5, 5.41) is 1.15. The minimum Gasteiger partial charge on any atom is -0.271 e. The van der Waals surface area contributed by atoms with Gasteiger partial charge in [0.15, 0.2) is 0 Å². The van der Waals surface area contributed by atoms with Gasteiger partial charge in [-0.2, -0.15) is 8.75 Å². The average Bonchev–Trinajstić information content (AvgIpc) is 2.99. The van der Waals surface area contributed by atoms with Crippen LogP contribution < -0.4 is 11.3 Å². The Bertz CT molecular complexity index is 662. The molecule has 96 valence electrons. The number of nitrogens with one attached hydrogen (secondary N) is 1. The number of benzene rings is 1. The van der Waals surface area contributed by atoms with Gasteiger partial charge in [-0.15, -0.1) is 0 Å². The van der Waals surface area contributed by atoms with Gasteiger partial charge in [-0.05, 0) is 24.1 Å². The largest absolute Gasteiger partial charge is 0.271 e. The molecule has 1 unspecified atom stereocenters. The summed E-state index contributed by atoms with van der Waals surface area (Å²) in [6.45, 7) is 0. The van der Waals surface area contributed by atoms with Crippen molar-refractivity contribution in [3.63, 3.8) is 0 Å². The first-order valence-electron chi connectivity index (χ1n) is 5.94. The minimum atomic E-state index is -0.0374. The molecule has 0 amide bonds. The molecule has 0 bridgehead atoms. The summed E-state index contributed by atoms with van der Waals surface area (Å²) in [6, 6.07) is 10.1. The van der Waals surface area contributed by atoms with E-state index in [4.69, 9.17) is 5.84 Å². The maximum absolute atomic E-state index is 5.63. The lowest BCUT2D eigenvalue weighted by molar-refractivity contribution is 0.543. The predicted molar refractivity (Wildman–Crippen MR) is 75.4 cm³/mol. The molecule has 0 aliphatic carbocycles. The second-order valence-electron chi connectivity index (χ2n) is 4.24. The first-order chi connectivity index (χ1) is 9.38. The van der Waals surface area contributed by atoms with Gasteiger partial charge >= 0.3 is 0 Å². The highest BCUT2D eigenvalue weighted by Crippen LogP contribution is 2.22. The molecule has 0 saturated carbocycles. The normalized spacial score (nSPS) is 12.7. The molecule has 3 rings (SSSR count). The molecule has 0 aliphatic rings. The lowest BCUT2D eigenvalue weighted by Gasteiger charge is -2.14. The van der Waals surface area contributed by atoms with Crippen molar-refractivity contribution in [2.45, 2.75) is 12.5 Å². The second kappa shape index (κ2) is 5.40. The molecule has 0 fully saturated rings. The molecular weight excluding hydrogens is 258 g/mol. The van der Waals surface area contributed by atoms with Crippen molar-refractivity contribution >= 4 is 22.6 Å². The van der Waals surface area contributed by atoms with E-state index in [1.54, 1.807) is 6.20 Å². The van der Waals surface area contributed by atoms with Gasteiger partial charge in [-0.3, -0.25) is 16.3 Å². The number of hydrazine groups is 1. The highest BCUT2D eigenvalue weighted by molar-refractivity contribution is 6.99. The zero-order chi connectivity index (χ0) is 13.1. The molecule has 5 nitrogen and oxygen atoms in total. The van der Waals surface area contributed by atoms with Gasteiger partial charge < -0.3 is 0 Å². The van der Waals surface area contributed by atoms with Crippen LogP contribution >= 0.6 is 11.7 Å². The van der Waals surface area contributed by atoms with Crippen LogP contribution in [0.5, 0.6) is 0 Å². The smallest absolute Gasteiger partial charge is 0.0929 e. The predicted octanol–water partition coefficient (Wildman–Crippen LogP) is 1.83. The van der Waals surface area contributed by atoms with Gasteiger partial charge in [0, 0.05) is 11.6 Å². The zero-order valence-corrected chi connectivity index (χ0v) is 11.0. The van der Waals surface area contributed by atoms with E-state index < -0.39 is 0 Å². The summed E-state index contributed by atoms with van der Waals surface area (Å²) in [5.41, 5.74) is 5.86. The Balaban J connectivity index is 1.96. The summed E-state index contributed by atoms with van der Waals surface area (Å²) >= 11 is 1.19. The first-order valence-corrected chi connectivity index (χ1v) is 6.67. The quantitative estimate of drug-likeness (QED) is 0.559. The van der Waals surface area contributed by atoms with E-state index >= 15 is 0 Å². The number of nitrogens with zero attached hydrogens (tertiary/aromatic N) is 3. The SMILES string of the molecule is NNC(Cc1ccnc2ccccc12)c1cnsn1. The topological polar surface area (TPSA) is 76.7 Å². The molecule has 0 spiro atoms. The number of rotatable bonds is 4. The first kappa shape index (κ1) is 12.2. The molecule has 0 radical (unpaired) electrons. The summed E-state index contributed by atoms with van der Waals surface area (Å²) in [7, 11) is 0. The van der Waals surface area contributed by atoms with Crippen molar-refractivity contribution in [3.8, 4) is 0 Å². The highest BCUT2D eigenvalue weighted by atomic mass is 32.1. The number of pyridine rings is 1. The summed E-state index contributed by atoms with van der Waals surface area (Å²) in [5.74, 6) is 5.63. The number of para-hydroxylation sites is 1. The molecule has 0 saturated heterocycles. The van der Waals surface area contributed by atoms with Crippen molar-refractivity contribution < 1.29 is 0 Å². The number of hydrogen-bond donors (Lipinski definition) is 2. The zero-order valence-electron chi connectivity index (χ0n) is 10.2. The second-order valence-corrected chi connectivity index (χ2v) is 4.80. The molecule has 6 heteroatoms. The van der Waals surface area contributed by atoms with Crippen LogP contribution in [0.2, 0.25) is 0 Å². The van der Waals surface area contributed by atoms with Crippen LogP contribution in [0.3, 0.4) is 0 Å². The fourth-order valence-corrected chi connectivity index (χ4v) is 2.60. The van der Waals surface area contributed by atoms with E-state index in [9.17, 15) is 0 Å². The van der Waals surface area contributed by atoms with Crippen LogP contribution in [-0.4, -0.2) is 13.7 Å². The Hall–Kier alpha value is -1.89. The third-order valence-electron chi connectivity index (χ3n) is 3.10. The molecule has 3 aromatic rings. The van der Waals surface area contributed by atoms with Crippen LogP contribution in [0.1, 0.15) is 17.3 Å². The van der Waals surface area contributed by atoms with E-state index in [0.717, 1.165) is 23.0 Å². The van der Waals surface area contributed by atoms with Gasteiger partial charge in [-0.25, -0.2) is 0 Å². The van der Waals surface area contributed by atoms with Crippen molar-refractivity contribution in [2.75, 3.05) is 0 Å². The van der Waals surface area contributed by atoms with Gasteiger partial charge in [0.2, 0.25) is 0 Å². The third-order valence-corrected chi connectivity index (χ3v) is 3.59. The molecule has 2 aromatic heterocycles. The molecular formula is C13H13N5S. The summed E-state index contributed by atoms with van der Waals surface area (Å²) in [6.07, 6.45) is 4.33. The Morgan fingerprint density at radius 3 is 2.95 bits per heavy atom. The van der Waals surface area contributed by atoms with E-state index in [1.165, 1.54) is 17.3 Å². The Kier molecular flexibility index (Phi) is 3.45. The lowest BCUT2D eigenvalue weighted by Crippen LogP contribution is -2.29. The van der Waals surface area contributed by atoms with Gasteiger partial charge in [0.05, 0.1) is 35.2 Å².